The second-order valence-corrected chi connectivity index (χ2v) is 27.8. The highest BCUT2D eigenvalue weighted by molar-refractivity contribution is 4.49. The SMILES string of the molecule is [CH2-]CCOCCOCCOCCOCCOCCOCCOCCOCCOCCOCCOCCOCCOCCOCCOCCOCCOCCOCCOCCOCCOCCOCCOCCOCCOCCOCCOCCOCCOCCOCCOCCOCCOCCOCCOCCOCCOCCOCCOCCOCCOCCOCCOCCOCCOC. The molecule has 45 heteroatoms. The molecule has 0 saturated heterocycles. The van der Waals surface area contributed by atoms with Crippen LogP contribution < -0.4 is 0 Å². The number of ether oxygens (including phenoxy) is 45. The molecule has 0 saturated carbocycles. The van der Waals surface area contributed by atoms with Gasteiger partial charge in [0, 0.05) is 13.7 Å². The van der Waals surface area contributed by atoms with E-state index in [-0.39, 0.29) is 0 Å². The summed E-state index contributed by atoms with van der Waals surface area (Å²) in [7, 11) is 1.64. The molecule has 0 aromatic heterocycles. The molecule has 0 N–H and O–H groups in total. The number of hydrogen-bond acceptors (Lipinski definition) is 45. The molecule has 824 valence electrons. The zero-order chi connectivity index (χ0) is 97.5. The van der Waals surface area contributed by atoms with Gasteiger partial charge in [-0.1, -0.05) is 0 Å². The van der Waals surface area contributed by atoms with Crippen LogP contribution >= 0.6 is 0 Å². The van der Waals surface area contributed by atoms with Crippen molar-refractivity contribution in [2.45, 2.75) is 6.42 Å². The molecule has 45 nitrogen and oxygen atoms in total. The summed E-state index contributed by atoms with van der Waals surface area (Å²) in [6.07, 6.45) is 0.764. The minimum atomic E-state index is 0.473. The van der Waals surface area contributed by atoms with Gasteiger partial charge in [0.25, 0.3) is 0 Å². The Morgan fingerprint density at radius 2 is 0.117 bits per heavy atom. The molecule has 0 aromatic rings. The van der Waals surface area contributed by atoms with Gasteiger partial charge in [-0.2, -0.15) is 6.42 Å². The maximum atomic E-state index is 5.55. The molecule has 0 rings (SSSR count). The summed E-state index contributed by atoms with van der Waals surface area (Å²) >= 11 is 0. The highest BCUT2D eigenvalue weighted by atomic mass is 16.7. The summed E-state index contributed by atoms with van der Waals surface area (Å²) in [6.45, 7) is 47.4. The lowest BCUT2D eigenvalue weighted by Gasteiger charge is -2.09. The fraction of sp³-hybridized carbons (Fsp3) is 0.989. The minimum Gasteiger partial charge on any atom is -0.382 e. The maximum Gasteiger partial charge on any atom is 0.0701 e. The molecule has 0 heterocycles. The number of rotatable bonds is 134. The van der Waals surface area contributed by atoms with Crippen molar-refractivity contribution < 1.29 is 213 Å². The third kappa shape index (κ3) is 134. The van der Waals surface area contributed by atoms with Crippen LogP contribution in [0.4, 0.5) is 0 Å². The maximum absolute atomic E-state index is 5.55. The molecule has 0 fully saturated rings. The van der Waals surface area contributed by atoms with Crippen LogP contribution in [0.15, 0.2) is 0 Å². The average Bonchev–Trinajstić information content (AvgIpc) is 1.11. The number of hydrogen-bond donors (Lipinski definition) is 0. The van der Waals surface area contributed by atoms with E-state index in [1.807, 2.05) is 0 Å². The molecule has 0 radical (unpaired) electrons. The van der Waals surface area contributed by atoms with E-state index < -0.39 is 0 Å². The van der Waals surface area contributed by atoms with Crippen molar-refractivity contribution in [3.63, 3.8) is 0 Å². The summed E-state index contributed by atoms with van der Waals surface area (Å²) in [5.74, 6) is 0. The molecule has 0 unspecified atom stereocenters. The third-order valence-electron chi connectivity index (χ3n) is 16.7. The minimum absolute atomic E-state index is 0.473. The fourth-order valence-electron chi connectivity index (χ4n) is 9.80. The van der Waals surface area contributed by atoms with E-state index in [1.165, 1.54) is 0 Å². The summed E-state index contributed by atoms with van der Waals surface area (Å²) in [5.41, 5.74) is 0. The smallest absolute Gasteiger partial charge is 0.0701 e. The fourth-order valence-corrected chi connectivity index (χ4v) is 9.80. The molecule has 0 aliphatic rings. The van der Waals surface area contributed by atoms with Crippen molar-refractivity contribution >= 4 is 0 Å². The zero-order valence-electron chi connectivity index (χ0n) is 83.7. The van der Waals surface area contributed by atoms with Crippen LogP contribution in [0.3, 0.4) is 0 Å². The third-order valence-corrected chi connectivity index (χ3v) is 16.7. The van der Waals surface area contributed by atoms with Crippen LogP contribution in [0.25, 0.3) is 0 Å². The quantitative estimate of drug-likeness (QED) is 0.0616. The first-order valence-corrected chi connectivity index (χ1v) is 49.1. The van der Waals surface area contributed by atoms with Gasteiger partial charge in [-0.25, -0.2) is 0 Å². The van der Waals surface area contributed by atoms with Gasteiger partial charge in [-0.15, -0.1) is 0 Å². The highest BCUT2D eigenvalue weighted by Crippen LogP contribution is 1.97. The second-order valence-electron chi connectivity index (χ2n) is 27.8. The second kappa shape index (κ2) is 134. The van der Waals surface area contributed by atoms with E-state index in [2.05, 4.69) is 6.92 Å². The largest absolute Gasteiger partial charge is 0.382 e. The summed E-state index contributed by atoms with van der Waals surface area (Å²) in [5, 5.41) is 0. The van der Waals surface area contributed by atoms with Gasteiger partial charge >= 0.3 is 0 Å². The van der Waals surface area contributed by atoms with Gasteiger partial charge in [-0.05, 0) is 0 Å². The van der Waals surface area contributed by atoms with Gasteiger partial charge in [0.1, 0.15) is 0 Å². The standard InChI is InChI=1S/C92H185O45/c1-3-4-94-7-8-96-11-12-98-15-16-100-19-20-102-23-24-104-27-28-106-31-32-108-35-36-110-39-40-112-43-44-114-47-48-116-51-52-118-55-56-120-59-60-122-63-64-124-67-68-126-71-72-128-75-76-130-79-80-132-83-84-134-87-88-136-91-92-137-90-89-135-86-85-133-82-81-131-78-77-129-74-73-127-70-69-125-66-65-123-62-61-121-58-57-119-54-53-117-50-49-115-46-45-113-42-41-111-38-37-109-34-33-107-30-29-105-26-25-103-22-21-101-18-17-99-14-13-97-10-9-95-6-5-93-2/h1,3-92H2,2H3/q-1. The van der Waals surface area contributed by atoms with Crippen molar-refractivity contribution in [3.8, 4) is 0 Å². The number of methoxy groups -OCH3 is 1. The molecule has 0 aliphatic heterocycles. The lowest BCUT2D eigenvalue weighted by Crippen LogP contribution is -2.16. The summed E-state index contributed by atoms with van der Waals surface area (Å²) in [6, 6.07) is 0. The molecule has 0 spiro atoms. The Hall–Kier alpha value is -1.80. The van der Waals surface area contributed by atoms with E-state index in [0.29, 0.717) is 588 Å². The predicted octanol–water partition coefficient (Wildman–Crippen LogP) is 1.59. The van der Waals surface area contributed by atoms with Gasteiger partial charge in [-0.3, -0.25) is 0 Å². The van der Waals surface area contributed by atoms with E-state index in [4.69, 9.17) is 213 Å². The monoisotopic (exact) mass is 2010 g/mol. The molecule has 0 bridgehead atoms. The van der Waals surface area contributed by atoms with Crippen molar-refractivity contribution in [1.82, 2.24) is 0 Å². The normalized spacial score (nSPS) is 11.9. The first kappa shape index (κ1) is 135. The van der Waals surface area contributed by atoms with E-state index in [1.54, 1.807) is 7.11 Å². The predicted molar refractivity (Wildman–Crippen MR) is 498 cm³/mol. The topological polar surface area (TPSA) is 415 Å². The highest BCUT2D eigenvalue weighted by Gasteiger charge is 2.06. The molecular weight excluding hydrogens is 1820 g/mol. The van der Waals surface area contributed by atoms with Gasteiger partial charge < -0.3 is 220 Å². The summed E-state index contributed by atoms with van der Waals surface area (Å²) in [4.78, 5) is 0. The Morgan fingerprint density at radius 1 is 0.0730 bits per heavy atom. The van der Waals surface area contributed by atoms with Crippen LogP contribution in [0.2, 0.25) is 0 Å². The molecule has 0 amide bonds. The van der Waals surface area contributed by atoms with Crippen LogP contribution in [-0.4, -0.2) is 595 Å². The average molecular weight is 2010 g/mol. The van der Waals surface area contributed by atoms with Crippen molar-refractivity contribution in [2.75, 3.05) is 595 Å². The lowest BCUT2D eigenvalue weighted by molar-refractivity contribution is -0.0329. The zero-order valence-corrected chi connectivity index (χ0v) is 83.7. The van der Waals surface area contributed by atoms with Crippen LogP contribution in [0.1, 0.15) is 6.42 Å². The summed E-state index contributed by atoms with van der Waals surface area (Å²) < 4.78 is 248. The Morgan fingerprint density at radius 3 is 0.161 bits per heavy atom. The van der Waals surface area contributed by atoms with Crippen LogP contribution in [-0.2, 0) is 213 Å². The lowest BCUT2D eigenvalue weighted by atomic mass is 10.5. The Bertz CT molecular complexity index is 1750. The molecule has 137 heavy (non-hydrogen) atoms. The Kier molecular flexibility index (Phi) is 132. The molecular formula is C92H185O45-. The van der Waals surface area contributed by atoms with Crippen molar-refractivity contribution in [3.05, 3.63) is 6.92 Å². The van der Waals surface area contributed by atoms with Crippen molar-refractivity contribution in [1.29, 1.82) is 0 Å². The molecule has 0 aliphatic carbocycles. The van der Waals surface area contributed by atoms with Gasteiger partial charge in [0.05, 0.1) is 581 Å². The Balaban J connectivity index is 3.10. The van der Waals surface area contributed by atoms with Crippen LogP contribution in [0.5, 0.6) is 0 Å². The Labute approximate surface area is 818 Å². The van der Waals surface area contributed by atoms with E-state index in [0.717, 1.165) is 6.42 Å². The van der Waals surface area contributed by atoms with Crippen molar-refractivity contribution in [2.24, 2.45) is 0 Å². The van der Waals surface area contributed by atoms with Crippen LogP contribution in [0, 0.1) is 6.92 Å². The van der Waals surface area contributed by atoms with E-state index >= 15 is 0 Å². The molecule has 0 atom stereocenters. The van der Waals surface area contributed by atoms with E-state index in [9.17, 15) is 0 Å². The molecule has 0 aromatic carbocycles. The first-order chi connectivity index (χ1) is 68.4. The first-order valence-electron chi connectivity index (χ1n) is 49.1. The van der Waals surface area contributed by atoms with Gasteiger partial charge in [0.15, 0.2) is 0 Å². The van der Waals surface area contributed by atoms with Gasteiger partial charge in [0.2, 0.25) is 0 Å².